The van der Waals surface area contributed by atoms with E-state index in [0.717, 1.165) is 26.7 Å². The first-order valence-corrected chi connectivity index (χ1v) is 12.8. The molecule has 1 aliphatic rings. The van der Waals surface area contributed by atoms with E-state index in [1.807, 2.05) is 0 Å². The van der Waals surface area contributed by atoms with Crippen LogP contribution < -0.4 is 20.7 Å². The van der Waals surface area contributed by atoms with Gasteiger partial charge >= 0.3 is 6.18 Å². The van der Waals surface area contributed by atoms with Crippen molar-refractivity contribution in [2.24, 2.45) is 11.3 Å². The average molecular weight is 610 g/mol. The van der Waals surface area contributed by atoms with Crippen molar-refractivity contribution < 1.29 is 41.1 Å². The van der Waals surface area contributed by atoms with Crippen LogP contribution in [0.15, 0.2) is 30.3 Å². The van der Waals surface area contributed by atoms with Crippen LogP contribution in [0.5, 0.6) is 5.75 Å². The minimum absolute atomic E-state index is 0.0833. The van der Waals surface area contributed by atoms with Crippen molar-refractivity contribution in [1.29, 1.82) is 0 Å². The number of carbonyl (C=O) groups excluding carboxylic acids is 3. The van der Waals surface area contributed by atoms with E-state index in [4.69, 9.17) is 27.9 Å². The van der Waals surface area contributed by atoms with E-state index in [1.165, 1.54) is 30.3 Å². The van der Waals surface area contributed by atoms with Crippen LogP contribution in [-0.2, 0) is 11.3 Å². The lowest BCUT2D eigenvalue weighted by atomic mass is 9.91. The SMILES string of the molecule is CC(C)(C(=O)NCc1ccc(Cl)c(C(=O)Nc2ccc(OCC(F)F)c(C(=O)NCC3CC3)c2)c1Cl)C(F)(F)F. The second kappa shape index (κ2) is 12.6. The van der Waals surface area contributed by atoms with E-state index >= 15 is 0 Å². The molecule has 2 aromatic carbocycles. The van der Waals surface area contributed by atoms with Gasteiger partial charge in [0.25, 0.3) is 18.2 Å². The fourth-order valence-electron chi connectivity index (χ4n) is 3.38. The van der Waals surface area contributed by atoms with Crippen LogP contribution in [0.2, 0.25) is 10.0 Å². The van der Waals surface area contributed by atoms with Gasteiger partial charge in [0.2, 0.25) is 5.91 Å². The summed E-state index contributed by atoms with van der Waals surface area (Å²) >= 11 is 12.5. The lowest BCUT2D eigenvalue weighted by Gasteiger charge is -2.26. The molecule has 218 valence electrons. The average Bonchev–Trinajstić information content (AvgIpc) is 3.69. The quantitative estimate of drug-likeness (QED) is 0.263. The number of amides is 3. The van der Waals surface area contributed by atoms with Crippen LogP contribution in [0.4, 0.5) is 27.6 Å². The normalized spacial score (nSPS) is 13.7. The molecule has 7 nitrogen and oxygen atoms in total. The Morgan fingerprint density at radius 3 is 2.30 bits per heavy atom. The number of anilines is 1. The van der Waals surface area contributed by atoms with Crippen molar-refractivity contribution in [2.45, 2.75) is 45.8 Å². The molecule has 40 heavy (non-hydrogen) atoms. The number of hydrogen-bond acceptors (Lipinski definition) is 4. The molecule has 0 atom stereocenters. The first-order chi connectivity index (χ1) is 18.6. The van der Waals surface area contributed by atoms with E-state index in [0.29, 0.717) is 12.5 Å². The van der Waals surface area contributed by atoms with Crippen LogP contribution >= 0.6 is 23.2 Å². The summed E-state index contributed by atoms with van der Waals surface area (Å²) in [5, 5.41) is 7.08. The zero-order valence-corrected chi connectivity index (χ0v) is 22.9. The smallest absolute Gasteiger partial charge is 0.402 e. The molecule has 0 heterocycles. The highest BCUT2D eigenvalue weighted by Gasteiger charge is 2.52. The number of hydrogen-bond donors (Lipinski definition) is 3. The number of carbonyl (C=O) groups is 3. The van der Waals surface area contributed by atoms with E-state index < -0.39 is 48.9 Å². The van der Waals surface area contributed by atoms with Gasteiger partial charge in [-0.1, -0.05) is 29.3 Å². The summed E-state index contributed by atoms with van der Waals surface area (Å²) in [5.74, 6) is -2.47. The van der Waals surface area contributed by atoms with Gasteiger partial charge in [-0.25, -0.2) is 8.78 Å². The van der Waals surface area contributed by atoms with E-state index in [-0.39, 0.29) is 38.2 Å². The van der Waals surface area contributed by atoms with Crippen molar-refractivity contribution in [3.05, 3.63) is 57.1 Å². The Bertz CT molecular complexity index is 1280. The lowest BCUT2D eigenvalue weighted by molar-refractivity contribution is -0.211. The zero-order valence-electron chi connectivity index (χ0n) is 21.4. The monoisotopic (exact) mass is 609 g/mol. The molecule has 0 bridgehead atoms. The minimum Gasteiger partial charge on any atom is -0.487 e. The lowest BCUT2D eigenvalue weighted by Crippen LogP contribution is -2.46. The Hall–Kier alpha value is -3.12. The predicted octanol–water partition coefficient (Wildman–Crippen LogP) is 6.23. The highest BCUT2D eigenvalue weighted by Crippen LogP contribution is 2.38. The first-order valence-electron chi connectivity index (χ1n) is 12.1. The molecule has 0 spiro atoms. The number of benzene rings is 2. The van der Waals surface area contributed by atoms with Gasteiger partial charge in [-0.15, -0.1) is 0 Å². The van der Waals surface area contributed by atoms with E-state index in [1.54, 1.807) is 0 Å². The molecule has 3 rings (SSSR count). The van der Waals surface area contributed by atoms with Gasteiger partial charge < -0.3 is 20.7 Å². The maximum Gasteiger partial charge on any atom is 0.402 e. The Morgan fingerprint density at radius 1 is 1.02 bits per heavy atom. The van der Waals surface area contributed by atoms with E-state index in [2.05, 4.69) is 16.0 Å². The second-order valence-electron chi connectivity index (χ2n) is 9.72. The zero-order chi connectivity index (χ0) is 29.8. The van der Waals surface area contributed by atoms with E-state index in [9.17, 15) is 36.3 Å². The largest absolute Gasteiger partial charge is 0.487 e. The summed E-state index contributed by atoms with van der Waals surface area (Å²) in [6, 6.07) is 6.45. The summed E-state index contributed by atoms with van der Waals surface area (Å²) in [5.41, 5.74) is -2.77. The maximum atomic E-state index is 13.2. The third kappa shape index (κ3) is 7.75. The van der Waals surface area contributed by atoms with Crippen LogP contribution in [0.25, 0.3) is 0 Å². The summed E-state index contributed by atoms with van der Waals surface area (Å²) in [6.07, 6.45) is -5.63. The molecule has 1 fully saturated rings. The molecule has 1 aliphatic carbocycles. The molecule has 0 unspecified atom stereocenters. The Labute approximate surface area is 236 Å². The fourth-order valence-corrected chi connectivity index (χ4v) is 3.99. The Morgan fingerprint density at radius 2 is 1.70 bits per heavy atom. The fraction of sp³-hybridized carbons (Fsp3) is 0.423. The molecule has 2 aromatic rings. The molecule has 0 aliphatic heterocycles. The number of ether oxygens (including phenoxy) is 1. The van der Waals surface area contributed by atoms with Crippen LogP contribution in [0.3, 0.4) is 0 Å². The van der Waals surface area contributed by atoms with Crippen molar-refractivity contribution in [2.75, 3.05) is 18.5 Å². The Kier molecular flexibility index (Phi) is 9.89. The van der Waals surface area contributed by atoms with Crippen LogP contribution in [-0.4, -0.2) is 43.5 Å². The molecule has 1 saturated carbocycles. The highest BCUT2D eigenvalue weighted by molar-refractivity contribution is 6.40. The van der Waals surface area contributed by atoms with Gasteiger partial charge in [0, 0.05) is 18.8 Å². The van der Waals surface area contributed by atoms with Crippen molar-refractivity contribution >= 4 is 46.6 Å². The summed E-state index contributed by atoms with van der Waals surface area (Å²) < 4.78 is 69.9. The number of nitrogens with one attached hydrogen (secondary N) is 3. The molecular weight excluding hydrogens is 584 g/mol. The van der Waals surface area contributed by atoms with Gasteiger partial charge in [0.15, 0.2) is 0 Å². The topological polar surface area (TPSA) is 96.5 Å². The number of alkyl halides is 5. The third-order valence-electron chi connectivity index (χ3n) is 6.21. The molecular formula is C26H26Cl2F5N3O4. The van der Waals surface area contributed by atoms with Crippen molar-refractivity contribution in [1.82, 2.24) is 10.6 Å². The van der Waals surface area contributed by atoms with Gasteiger partial charge in [-0.3, -0.25) is 14.4 Å². The molecule has 14 heteroatoms. The summed E-state index contributed by atoms with van der Waals surface area (Å²) in [4.78, 5) is 38.0. The van der Waals surface area contributed by atoms with Crippen molar-refractivity contribution in [3.63, 3.8) is 0 Å². The molecule has 0 saturated heterocycles. The Balaban J connectivity index is 1.80. The van der Waals surface area contributed by atoms with Gasteiger partial charge in [0.1, 0.15) is 17.8 Å². The predicted molar refractivity (Wildman–Crippen MR) is 139 cm³/mol. The van der Waals surface area contributed by atoms with Gasteiger partial charge in [0.05, 0.1) is 21.2 Å². The molecule has 3 amide bonds. The minimum atomic E-state index is -4.79. The number of rotatable bonds is 11. The maximum absolute atomic E-state index is 13.2. The first kappa shape index (κ1) is 31.4. The van der Waals surface area contributed by atoms with Crippen LogP contribution in [0.1, 0.15) is 53.0 Å². The van der Waals surface area contributed by atoms with Crippen molar-refractivity contribution in [3.8, 4) is 5.75 Å². The third-order valence-corrected chi connectivity index (χ3v) is 6.96. The second-order valence-corrected chi connectivity index (χ2v) is 10.5. The highest BCUT2D eigenvalue weighted by atomic mass is 35.5. The number of halogens is 7. The molecule has 0 radical (unpaired) electrons. The summed E-state index contributed by atoms with van der Waals surface area (Å²) in [7, 11) is 0. The van der Waals surface area contributed by atoms with Crippen LogP contribution in [0, 0.1) is 11.3 Å². The van der Waals surface area contributed by atoms with Gasteiger partial charge in [-0.05, 0) is 62.4 Å². The molecule has 3 N–H and O–H groups in total. The standard InChI is InChI=1S/C26H26Cl2F5N3O4/c1-25(2,26(31,32)33)24(39)35-11-14-5-7-17(27)20(21(14)28)23(38)36-15-6-8-18(40-12-19(29)30)16(9-15)22(37)34-10-13-3-4-13/h5-9,13,19H,3-4,10-12H2,1-2H3,(H,34,37)(H,35,39)(H,36,38). The summed E-state index contributed by atoms with van der Waals surface area (Å²) in [6.45, 7) is 0.502. The molecule has 0 aromatic heterocycles. The van der Waals surface area contributed by atoms with Gasteiger partial charge in [-0.2, -0.15) is 13.2 Å².